The van der Waals surface area contributed by atoms with Gasteiger partial charge in [0.05, 0.1) is 6.61 Å². The molecular formula is C37H69O8P. The SMILES string of the molecule is CCCC/C=C\C/C=C\CCCCCCCC(=O)OC(COC(=O)CCCCCCCCCCCCCCC)COP(=O)(O)OC. The van der Waals surface area contributed by atoms with Gasteiger partial charge in [-0.05, 0) is 38.5 Å². The van der Waals surface area contributed by atoms with E-state index in [0.29, 0.717) is 12.8 Å². The normalized spacial score (nSPS) is 13.7. The summed E-state index contributed by atoms with van der Waals surface area (Å²) in [6, 6.07) is 0. The Morgan fingerprint density at radius 1 is 0.609 bits per heavy atom. The van der Waals surface area contributed by atoms with Gasteiger partial charge in [-0.3, -0.25) is 18.6 Å². The van der Waals surface area contributed by atoms with E-state index in [1.165, 1.54) is 77.0 Å². The van der Waals surface area contributed by atoms with Crippen molar-refractivity contribution in [2.75, 3.05) is 20.3 Å². The quantitative estimate of drug-likeness (QED) is 0.0311. The summed E-state index contributed by atoms with van der Waals surface area (Å²) >= 11 is 0. The zero-order valence-corrected chi connectivity index (χ0v) is 30.6. The molecule has 0 aromatic carbocycles. The number of hydrogen-bond acceptors (Lipinski definition) is 7. The third-order valence-corrected chi connectivity index (χ3v) is 8.89. The zero-order chi connectivity index (χ0) is 34.0. The summed E-state index contributed by atoms with van der Waals surface area (Å²) in [7, 11) is -3.20. The first-order valence-corrected chi connectivity index (χ1v) is 20.0. The van der Waals surface area contributed by atoms with Crippen molar-refractivity contribution in [3.8, 4) is 0 Å². The average Bonchev–Trinajstić information content (AvgIpc) is 3.04. The Morgan fingerprint density at radius 2 is 1.07 bits per heavy atom. The first-order chi connectivity index (χ1) is 22.3. The standard InChI is InChI=1S/C37H69O8P/c1-4-6-8-10-12-14-16-18-20-22-24-26-28-30-32-37(39)45-35(34-44-46(40,41)42-3)33-43-36(38)31-29-27-25-23-21-19-17-15-13-11-9-7-5-2/h10,12,16,18,35H,4-9,11,13-15,17,19-34H2,1-3H3,(H,40,41)/b12-10-,18-16-. The van der Waals surface area contributed by atoms with E-state index in [1.54, 1.807) is 0 Å². The summed E-state index contributed by atoms with van der Waals surface area (Å²) < 4.78 is 31.8. The van der Waals surface area contributed by atoms with Crippen molar-refractivity contribution < 1.29 is 37.6 Å². The van der Waals surface area contributed by atoms with Crippen molar-refractivity contribution in [3.05, 3.63) is 24.3 Å². The Morgan fingerprint density at radius 3 is 1.59 bits per heavy atom. The van der Waals surface area contributed by atoms with Crippen molar-refractivity contribution in [1.29, 1.82) is 0 Å². The van der Waals surface area contributed by atoms with Crippen LogP contribution in [0, 0.1) is 0 Å². The van der Waals surface area contributed by atoms with E-state index in [-0.39, 0.29) is 19.0 Å². The van der Waals surface area contributed by atoms with Crippen molar-refractivity contribution >= 4 is 19.8 Å². The lowest BCUT2D eigenvalue weighted by atomic mass is 10.0. The lowest BCUT2D eigenvalue weighted by Gasteiger charge is -2.19. The van der Waals surface area contributed by atoms with Crippen molar-refractivity contribution in [2.45, 2.75) is 180 Å². The van der Waals surface area contributed by atoms with Crippen molar-refractivity contribution in [2.24, 2.45) is 0 Å². The number of allylic oxidation sites excluding steroid dienone is 4. The molecule has 0 radical (unpaired) electrons. The van der Waals surface area contributed by atoms with E-state index in [9.17, 15) is 19.0 Å². The summed E-state index contributed by atoms with van der Waals surface area (Å²) in [5.74, 6) is -0.817. The summed E-state index contributed by atoms with van der Waals surface area (Å²) in [4.78, 5) is 34.3. The minimum atomic E-state index is -4.25. The highest BCUT2D eigenvalue weighted by Crippen LogP contribution is 2.42. The van der Waals surface area contributed by atoms with Gasteiger partial charge in [-0.2, -0.15) is 0 Å². The molecule has 2 unspecified atom stereocenters. The molecule has 8 nitrogen and oxygen atoms in total. The predicted molar refractivity (Wildman–Crippen MR) is 189 cm³/mol. The maximum atomic E-state index is 12.4. The minimum Gasteiger partial charge on any atom is -0.462 e. The largest absolute Gasteiger partial charge is 0.472 e. The van der Waals surface area contributed by atoms with Gasteiger partial charge in [-0.25, -0.2) is 4.57 Å². The highest BCUT2D eigenvalue weighted by molar-refractivity contribution is 7.47. The average molecular weight is 673 g/mol. The van der Waals surface area contributed by atoms with Gasteiger partial charge >= 0.3 is 19.8 Å². The Hall–Kier alpha value is -1.47. The molecule has 0 amide bonds. The summed E-state index contributed by atoms with van der Waals surface area (Å²) in [6.45, 7) is 3.82. The lowest BCUT2D eigenvalue weighted by molar-refractivity contribution is -0.161. The van der Waals surface area contributed by atoms with E-state index >= 15 is 0 Å². The van der Waals surface area contributed by atoms with E-state index < -0.39 is 26.5 Å². The van der Waals surface area contributed by atoms with Gasteiger partial charge in [0.25, 0.3) is 0 Å². The monoisotopic (exact) mass is 672 g/mol. The Kier molecular flexibility index (Phi) is 32.4. The minimum absolute atomic E-state index is 0.227. The molecule has 270 valence electrons. The molecule has 0 heterocycles. The number of unbranched alkanes of at least 4 members (excludes halogenated alkanes) is 19. The predicted octanol–water partition coefficient (Wildman–Crippen LogP) is 11.1. The van der Waals surface area contributed by atoms with Gasteiger partial charge in [-0.1, -0.05) is 147 Å². The van der Waals surface area contributed by atoms with Crippen LogP contribution in [0.1, 0.15) is 174 Å². The summed E-state index contributed by atoms with van der Waals surface area (Å²) in [5.41, 5.74) is 0. The molecular weight excluding hydrogens is 603 g/mol. The fourth-order valence-corrected chi connectivity index (χ4v) is 5.49. The van der Waals surface area contributed by atoms with Crippen LogP contribution in [0.3, 0.4) is 0 Å². The van der Waals surface area contributed by atoms with Gasteiger partial charge < -0.3 is 14.4 Å². The number of phosphoric acid groups is 1. The van der Waals surface area contributed by atoms with Crippen LogP contribution in [0.2, 0.25) is 0 Å². The highest BCUT2D eigenvalue weighted by atomic mass is 31.2. The molecule has 1 N–H and O–H groups in total. The Labute approximate surface area is 282 Å². The highest BCUT2D eigenvalue weighted by Gasteiger charge is 2.24. The second-order valence-corrected chi connectivity index (χ2v) is 13.9. The molecule has 0 rings (SSSR count). The first kappa shape index (κ1) is 44.5. The number of ether oxygens (including phenoxy) is 2. The van der Waals surface area contributed by atoms with Gasteiger partial charge in [-0.15, -0.1) is 0 Å². The van der Waals surface area contributed by atoms with Crippen LogP contribution in [-0.4, -0.2) is 43.3 Å². The fraction of sp³-hybridized carbons (Fsp3) is 0.838. The topological polar surface area (TPSA) is 108 Å². The molecule has 0 aromatic heterocycles. The van der Waals surface area contributed by atoms with E-state index in [2.05, 4.69) is 42.7 Å². The van der Waals surface area contributed by atoms with Crippen LogP contribution in [0.4, 0.5) is 0 Å². The van der Waals surface area contributed by atoms with E-state index in [0.717, 1.165) is 71.3 Å². The van der Waals surface area contributed by atoms with Crippen LogP contribution >= 0.6 is 7.82 Å². The molecule has 9 heteroatoms. The molecule has 0 aliphatic carbocycles. The maximum Gasteiger partial charge on any atom is 0.472 e. The molecule has 0 spiro atoms. The molecule has 0 saturated carbocycles. The number of esters is 2. The number of carbonyl (C=O) groups is 2. The molecule has 0 bridgehead atoms. The molecule has 0 fully saturated rings. The van der Waals surface area contributed by atoms with Gasteiger partial charge in [0.2, 0.25) is 0 Å². The Balaban J connectivity index is 4.09. The van der Waals surface area contributed by atoms with Gasteiger partial charge in [0.1, 0.15) is 6.61 Å². The number of hydrogen-bond donors (Lipinski definition) is 1. The number of phosphoric ester groups is 1. The number of carbonyl (C=O) groups excluding carboxylic acids is 2. The fourth-order valence-electron chi connectivity index (χ4n) is 5.03. The van der Waals surface area contributed by atoms with Crippen molar-refractivity contribution in [1.82, 2.24) is 0 Å². The molecule has 0 saturated heterocycles. The summed E-state index contributed by atoms with van der Waals surface area (Å²) in [5, 5.41) is 0. The van der Waals surface area contributed by atoms with Crippen LogP contribution in [0.15, 0.2) is 24.3 Å². The third kappa shape index (κ3) is 32.5. The molecule has 0 aromatic rings. The molecule has 0 aliphatic heterocycles. The summed E-state index contributed by atoms with van der Waals surface area (Å²) in [6.07, 6.45) is 35.1. The van der Waals surface area contributed by atoms with E-state index in [4.69, 9.17) is 14.0 Å². The zero-order valence-electron chi connectivity index (χ0n) is 29.7. The smallest absolute Gasteiger partial charge is 0.462 e. The second kappa shape index (κ2) is 33.4. The Bertz CT molecular complexity index is 813. The van der Waals surface area contributed by atoms with Crippen molar-refractivity contribution in [3.63, 3.8) is 0 Å². The van der Waals surface area contributed by atoms with Crippen LogP contribution < -0.4 is 0 Å². The van der Waals surface area contributed by atoms with Gasteiger partial charge in [0.15, 0.2) is 6.10 Å². The van der Waals surface area contributed by atoms with Gasteiger partial charge in [0, 0.05) is 20.0 Å². The van der Waals surface area contributed by atoms with Crippen LogP contribution in [-0.2, 0) is 32.7 Å². The molecule has 0 aliphatic rings. The maximum absolute atomic E-state index is 12.4. The lowest BCUT2D eigenvalue weighted by Crippen LogP contribution is -2.29. The van der Waals surface area contributed by atoms with E-state index in [1.807, 2.05) is 0 Å². The third-order valence-electron chi connectivity index (χ3n) is 7.95. The van der Waals surface area contributed by atoms with Crippen LogP contribution in [0.5, 0.6) is 0 Å². The second-order valence-electron chi connectivity index (χ2n) is 12.4. The molecule has 46 heavy (non-hydrogen) atoms. The van der Waals surface area contributed by atoms with Crippen LogP contribution in [0.25, 0.3) is 0 Å². The number of rotatable bonds is 34. The first-order valence-electron chi connectivity index (χ1n) is 18.5. The molecule has 2 atom stereocenters.